The molecule has 0 fully saturated rings. The molecule has 0 saturated carbocycles. The molecular formula is C19H24N2O3S2. The molecule has 1 aromatic carbocycles. The highest BCUT2D eigenvalue weighted by molar-refractivity contribution is 7.98. The molecule has 2 rings (SSSR count). The molecule has 140 valence electrons. The highest BCUT2D eigenvalue weighted by Crippen LogP contribution is 2.27. The maximum atomic E-state index is 12.3. The van der Waals surface area contributed by atoms with Gasteiger partial charge in [0.15, 0.2) is 6.61 Å². The molecule has 0 aliphatic rings. The second-order valence-corrected chi connectivity index (χ2v) is 7.86. The summed E-state index contributed by atoms with van der Waals surface area (Å²) in [6, 6.07) is 7.27. The molecule has 0 radical (unpaired) electrons. The number of thiazole rings is 1. The molecule has 0 spiro atoms. The van der Waals surface area contributed by atoms with Gasteiger partial charge >= 0.3 is 5.97 Å². The Hall–Kier alpha value is -1.86. The van der Waals surface area contributed by atoms with Crippen LogP contribution >= 0.6 is 23.1 Å². The van der Waals surface area contributed by atoms with Crippen LogP contribution in [0.5, 0.6) is 0 Å². The molecule has 0 unspecified atom stereocenters. The number of benzene rings is 1. The van der Waals surface area contributed by atoms with Crippen LogP contribution in [0.15, 0.2) is 34.5 Å². The van der Waals surface area contributed by atoms with Crippen LogP contribution in [-0.2, 0) is 15.3 Å². The van der Waals surface area contributed by atoms with Crippen molar-refractivity contribution in [1.82, 2.24) is 10.3 Å². The van der Waals surface area contributed by atoms with E-state index in [9.17, 15) is 9.59 Å². The van der Waals surface area contributed by atoms with Crippen LogP contribution < -0.4 is 5.32 Å². The summed E-state index contributed by atoms with van der Waals surface area (Å²) in [4.78, 5) is 29.3. The number of amides is 1. The van der Waals surface area contributed by atoms with E-state index in [1.54, 1.807) is 23.5 Å². The second kappa shape index (κ2) is 11.0. The Morgan fingerprint density at radius 2 is 2.08 bits per heavy atom. The Balaban J connectivity index is 1.85. The van der Waals surface area contributed by atoms with Crippen LogP contribution in [0.2, 0.25) is 0 Å². The Kier molecular flexibility index (Phi) is 8.64. The standard InChI is InChI=1S/C19H24N2O3S2/c1-3-4-7-10-20-18(22)11-24-19(23)16-8-5-6-9-17(16)26-13-15-12-25-14(2)21-15/h5-6,8-9,12H,3-4,7,10-11,13H2,1-2H3,(H,20,22). The quantitative estimate of drug-likeness (QED) is 0.373. The van der Waals surface area contributed by atoms with Crippen LogP contribution in [0.4, 0.5) is 0 Å². The third-order valence-electron chi connectivity index (χ3n) is 3.59. The molecule has 1 heterocycles. The van der Waals surface area contributed by atoms with E-state index in [4.69, 9.17) is 4.74 Å². The number of nitrogens with zero attached hydrogens (tertiary/aromatic N) is 1. The van der Waals surface area contributed by atoms with Crippen molar-refractivity contribution in [3.05, 3.63) is 45.9 Å². The fourth-order valence-electron chi connectivity index (χ4n) is 2.25. The van der Waals surface area contributed by atoms with E-state index < -0.39 is 5.97 Å². The first kappa shape index (κ1) is 20.5. The fourth-order valence-corrected chi connectivity index (χ4v) is 3.90. The Labute approximate surface area is 162 Å². The van der Waals surface area contributed by atoms with Crippen molar-refractivity contribution < 1.29 is 14.3 Å². The zero-order chi connectivity index (χ0) is 18.8. The highest BCUT2D eigenvalue weighted by atomic mass is 32.2. The van der Waals surface area contributed by atoms with Crippen molar-refractivity contribution in [2.24, 2.45) is 0 Å². The zero-order valence-electron chi connectivity index (χ0n) is 15.1. The molecule has 0 aliphatic heterocycles. The highest BCUT2D eigenvalue weighted by Gasteiger charge is 2.15. The number of unbranched alkanes of at least 4 members (excludes halogenated alkanes) is 2. The Bertz CT molecular complexity index is 731. The van der Waals surface area contributed by atoms with Gasteiger partial charge in [0, 0.05) is 22.6 Å². The number of hydrogen-bond acceptors (Lipinski definition) is 6. The largest absolute Gasteiger partial charge is 0.452 e. The number of carbonyl (C=O) groups is 2. The third-order valence-corrected chi connectivity index (χ3v) is 5.52. The number of nitrogens with one attached hydrogen (secondary N) is 1. The molecule has 0 aliphatic carbocycles. The van der Waals surface area contributed by atoms with E-state index in [-0.39, 0.29) is 12.5 Å². The summed E-state index contributed by atoms with van der Waals surface area (Å²) in [7, 11) is 0. The normalized spacial score (nSPS) is 10.5. The Morgan fingerprint density at radius 3 is 2.81 bits per heavy atom. The van der Waals surface area contributed by atoms with Crippen molar-refractivity contribution >= 4 is 35.0 Å². The van der Waals surface area contributed by atoms with Crippen molar-refractivity contribution in [1.29, 1.82) is 0 Å². The number of esters is 1. The van der Waals surface area contributed by atoms with Crippen LogP contribution in [0, 0.1) is 6.92 Å². The van der Waals surface area contributed by atoms with Crippen LogP contribution in [0.1, 0.15) is 47.2 Å². The minimum absolute atomic E-state index is 0.255. The zero-order valence-corrected chi connectivity index (χ0v) is 16.8. The molecule has 7 heteroatoms. The minimum atomic E-state index is -0.480. The first-order chi connectivity index (χ1) is 12.6. The molecule has 26 heavy (non-hydrogen) atoms. The van der Waals surface area contributed by atoms with Crippen LogP contribution in [0.3, 0.4) is 0 Å². The SMILES string of the molecule is CCCCCNC(=O)COC(=O)c1ccccc1SCc1csc(C)n1. The van der Waals surface area contributed by atoms with Crippen molar-refractivity contribution in [2.45, 2.75) is 43.8 Å². The van der Waals surface area contributed by atoms with E-state index >= 15 is 0 Å². The number of hydrogen-bond donors (Lipinski definition) is 1. The molecular weight excluding hydrogens is 368 g/mol. The van der Waals surface area contributed by atoms with E-state index in [1.807, 2.05) is 24.4 Å². The molecule has 1 N–H and O–H groups in total. The summed E-state index contributed by atoms with van der Waals surface area (Å²) in [5.41, 5.74) is 1.47. The molecule has 1 amide bonds. The molecule has 1 aromatic heterocycles. The number of aromatic nitrogens is 1. The first-order valence-electron chi connectivity index (χ1n) is 8.66. The molecule has 0 atom stereocenters. The van der Waals surface area contributed by atoms with Gasteiger partial charge in [-0.2, -0.15) is 0 Å². The number of ether oxygens (including phenoxy) is 1. The summed E-state index contributed by atoms with van der Waals surface area (Å²) in [5, 5.41) is 5.81. The van der Waals surface area contributed by atoms with Crippen molar-refractivity contribution in [3.8, 4) is 0 Å². The van der Waals surface area contributed by atoms with E-state index in [1.165, 1.54) is 11.8 Å². The maximum Gasteiger partial charge on any atom is 0.339 e. The minimum Gasteiger partial charge on any atom is -0.452 e. The van der Waals surface area contributed by atoms with Gasteiger partial charge in [-0.3, -0.25) is 4.79 Å². The summed E-state index contributed by atoms with van der Waals surface area (Å²) < 4.78 is 5.17. The number of carbonyl (C=O) groups excluding carboxylic acids is 2. The van der Waals surface area contributed by atoms with Gasteiger partial charge in [0.25, 0.3) is 5.91 Å². The smallest absolute Gasteiger partial charge is 0.339 e. The lowest BCUT2D eigenvalue weighted by atomic mass is 10.2. The monoisotopic (exact) mass is 392 g/mol. The maximum absolute atomic E-state index is 12.3. The first-order valence-corrected chi connectivity index (χ1v) is 10.5. The van der Waals surface area contributed by atoms with Crippen molar-refractivity contribution in [3.63, 3.8) is 0 Å². The van der Waals surface area contributed by atoms with Crippen molar-refractivity contribution in [2.75, 3.05) is 13.2 Å². The van der Waals surface area contributed by atoms with Crippen LogP contribution in [0.25, 0.3) is 0 Å². The molecule has 0 bridgehead atoms. The predicted octanol–water partition coefficient (Wildman–Crippen LogP) is 4.21. The van der Waals surface area contributed by atoms with Gasteiger partial charge < -0.3 is 10.1 Å². The van der Waals surface area contributed by atoms with Gasteiger partial charge in [-0.15, -0.1) is 23.1 Å². The second-order valence-electron chi connectivity index (χ2n) is 5.78. The van der Waals surface area contributed by atoms with E-state index in [0.717, 1.165) is 34.9 Å². The average Bonchev–Trinajstić information content (AvgIpc) is 3.07. The fraction of sp³-hybridized carbons (Fsp3) is 0.421. The lowest BCUT2D eigenvalue weighted by molar-refractivity contribution is -0.124. The number of rotatable bonds is 10. The summed E-state index contributed by atoms with van der Waals surface area (Å²) >= 11 is 3.15. The predicted molar refractivity (Wildman–Crippen MR) is 106 cm³/mol. The lowest BCUT2D eigenvalue weighted by Gasteiger charge is -2.09. The lowest BCUT2D eigenvalue weighted by Crippen LogP contribution is -2.29. The van der Waals surface area contributed by atoms with Crippen LogP contribution in [-0.4, -0.2) is 30.0 Å². The summed E-state index contributed by atoms with van der Waals surface area (Å²) in [6.07, 6.45) is 3.11. The third kappa shape index (κ3) is 6.80. The van der Waals surface area contributed by atoms with Gasteiger partial charge in [0.1, 0.15) is 0 Å². The van der Waals surface area contributed by atoms with E-state index in [0.29, 0.717) is 17.9 Å². The van der Waals surface area contributed by atoms with Gasteiger partial charge in [0.2, 0.25) is 0 Å². The van der Waals surface area contributed by atoms with Gasteiger partial charge in [-0.25, -0.2) is 9.78 Å². The average molecular weight is 393 g/mol. The van der Waals surface area contributed by atoms with Gasteiger partial charge in [-0.05, 0) is 25.5 Å². The summed E-state index contributed by atoms with van der Waals surface area (Å²) in [5.74, 6) is -0.0594. The van der Waals surface area contributed by atoms with Gasteiger partial charge in [0.05, 0.1) is 16.3 Å². The molecule has 0 saturated heterocycles. The molecule has 5 nitrogen and oxygen atoms in total. The number of aryl methyl sites for hydroxylation is 1. The number of thioether (sulfide) groups is 1. The van der Waals surface area contributed by atoms with Gasteiger partial charge in [-0.1, -0.05) is 31.9 Å². The summed E-state index contributed by atoms with van der Waals surface area (Å²) in [6.45, 7) is 4.44. The van der Waals surface area contributed by atoms with E-state index in [2.05, 4.69) is 17.2 Å². The Morgan fingerprint density at radius 1 is 1.27 bits per heavy atom. The molecule has 2 aromatic rings. The topological polar surface area (TPSA) is 68.3 Å².